The summed E-state index contributed by atoms with van der Waals surface area (Å²) in [5.41, 5.74) is 0. The Morgan fingerprint density at radius 3 is 0.958 bits per heavy atom. The molecule has 2 nitrogen and oxygen atoms in total. The Morgan fingerprint density at radius 1 is 0.458 bits per heavy atom. The van der Waals surface area contributed by atoms with Gasteiger partial charge in [-0.3, -0.25) is 0 Å². The summed E-state index contributed by atoms with van der Waals surface area (Å²) in [5, 5.41) is 0. The van der Waals surface area contributed by atoms with Gasteiger partial charge < -0.3 is 9.47 Å². The van der Waals surface area contributed by atoms with Crippen molar-refractivity contribution in [3.05, 3.63) is 0 Å². The van der Waals surface area contributed by atoms with Gasteiger partial charge in [-0.05, 0) is 63.2 Å². The number of hydrogen-bond acceptors (Lipinski definition) is 2. The van der Waals surface area contributed by atoms with Crippen LogP contribution in [0.4, 0.5) is 0 Å². The van der Waals surface area contributed by atoms with Gasteiger partial charge in [0.25, 0.3) is 0 Å². The number of hydrogen-bond donors (Lipinski definition) is 0. The monoisotopic (exact) mass is 342 g/mol. The van der Waals surface area contributed by atoms with E-state index >= 15 is 0 Å². The van der Waals surface area contributed by atoms with E-state index in [1.54, 1.807) is 0 Å². The Kier molecular flexibility index (Phi) is 11.3. The second kappa shape index (κ2) is 12.3. The minimum Gasteiger partial charge on any atom is -0.378 e. The van der Waals surface area contributed by atoms with Crippen molar-refractivity contribution in [2.45, 2.75) is 105 Å². The van der Waals surface area contributed by atoms with Gasteiger partial charge in [0.15, 0.2) is 0 Å². The molecule has 0 aromatic carbocycles. The van der Waals surface area contributed by atoms with E-state index < -0.39 is 0 Å². The first kappa shape index (κ1) is 22.0. The molecule has 2 saturated heterocycles. The quantitative estimate of drug-likeness (QED) is 0.486. The van der Waals surface area contributed by atoms with Gasteiger partial charge in [-0.25, -0.2) is 0 Å². The maximum absolute atomic E-state index is 5.39. The van der Waals surface area contributed by atoms with Crippen LogP contribution in [0.2, 0.25) is 0 Å². The van der Waals surface area contributed by atoms with E-state index in [2.05, 4.69) is 41.5 Å². The lowest BCUT2D eigenvalue weighted by Crippen LogP contribution is -2.21. The lowest BCUT2D eigenvalue weighted by Gasteiger charge is -2.23. The summed E-state index contributed by atoms with van der Waals surface area (Å²) in [6, 6.07) is 0. The fourth-order valence-corrected chi connectivity index (χ4v) is 3.46. The predicted molar refractivity (Wildman–Crippen MR) is 107 cm³/mol. The highest BCUT2D eigenvalue weighted by Crippen LogP contribution is 2.27. The molecule has 146 valence electrons. The maximum Gasteiger partial charge on any atom is 0.0547 e. The lowest BCUT2D eigenvalue weighted by molar-refractivity contribution is 0.000174. The normalized spacial score (nSPS) is 39.8. The second-order valence-electron chi connectivity index (χ2n) is 9.02. The Bertz CT molecular complexity index is 209. The number of rotatable bonds is 0. The first-order valence-electron chi connectivity index (χ1n) is 10.6. The molecule has 0 bridgehead atoms. The molecule has 4 atom stereocenters. The molecule has 0 radical (unpaired) electrons. The van der Waals surface area contributed by atoms with E-state index in [0.717, 1.165) is 36.9 Å². The van der Waals surface area contributed by atoms with Crippen molar-refractivity contribution in [2.24, 2.45) is 23.7 Å². The highest BCUT2D eigenvalue weighted by molar-refractivity contribution is 4.66. The largest absolute Gasteiger partial charge is 0.378 e. The van der Waals surface area contributed by atoms with Crippen LogP contribution >= 0.6 is 0 Å². The summed E-state index contributed by atoms with van der Waals surface area (Å²) in [4.78, 5) is 0. The zero-order chi connectivity index (χ0) is 17.9. The summed E-state index contributed by atoms with van der Waals surface area (Å²) < 4.78 is 10.8. The van der Waals surface area contributed by atoms with E-state index in [-0.39, 0.29) is 1.43 Å². The van der Waals surface area contributed by atoms with E-state index in [1.807, 2.05) is 0 Å². The Hall–Kier alpha value is -0.0800. The average molecular weight is 343 g/mol. The summed E-state index contributed by atoms with van der Waals surface area (Å²) in [6.07, 6.45) is 12.1. The highest BCUT2D eigenvalue weighted by Gasteiger charge is 2.14. The average Bonchev–Trinajstić information content (AvgIpc) is 2.57. The Labute approximate surface area is 153 Å². The van der Waals surface area contributed by atoms with Gasteiger partial charge in [0.2, 0.25) is 0 Å². The highest BCUT2D eigenvalue weighted by atomic mass is 16.5. The SMILES string of the molecule is CC1CCC(C)CC1.CC1CCC(C)OC1.CC1CCC(C)OC1.[HH]. The molecule has 3 aliphatic rings. The first-order valence-corrected chi connectivity index (χ1v) is 10.6. The molecule has 0 aromatic heterocycles. The molecule has 1 saturated carbocycles. The molecule has 3 rings (SSSR count). The van der Waals surface area contributed by atoms with E-state index in [0.29, 0.717) is 12.2 Å². The van der Waals surface area contributed by atoms with Crippen molar-refractivity contribution in [1.82, 2.24) is 0 Å². The zero-order valence-corrected chi connectivity index (χ0v) is 17.4. The van der Waals surface area contributed by atoms with Gasteiger partial charge in [0, 0.05) is 14.6 Å². The molecule has 0 N–H and O–H groups in total. The molecule has 2 heterocycles. The number of ether oxygens (including phenoxy) is 2. The summed E-state index contributed by atoms with van der Waals surface area (Å²) >= 11 is 0. The first-order chi connectivity index (χ1) is 11.4. The van der Waals surface area contributed by atoms with Crippen molar-refractivity contribution in [2.75, 3.05) is 13.2 Å². The van der Waals surface area contributed by atoms with E-state index in [9.17, 15) is 0 Å². The van der Waals surface area contributed by atoms with Gasteiger partial charge in [-0.2, -0.15) is 0 Å². The van der Waals surface area contributed by atoms with Crippen LogP contribution in [0, 0.1) is 23.7 Å². The van der Waals surface area contributed by atoms with Crippen LogP contribution in [0.3, 0.4) is 0 Å². The summed E-state index contributed by atoms with van der Waals surface area (Å²) in [6.45, 7) is 15.5. The summed E-state index contributed by atoms with van der Waals surface area (Å²) in [5.74, 6) is 3.63. The molecule has 4 unspecified atom stereocenters. The van der Waals surface area contributed by atoms with Crippen LogP contribution in [-0.4, -0.2) is 25.4 Å². The molecule has 0 amide bonds. The van der Waals surface area contributed by atoms with Gasteiger partial charge >= 0.3 is 0 Å². The van der Waals surface area contributed by atoms with Crippen molar-refractivity contribution < 1.29 is 10.9 Å². The molecule has 0 spiro atoms. The molecular weight excluding hydrogens is 296 g/mol. The van der Waals surface area contributed by atoms with Crippen LogP contribution in [0.15, 0.2) is 0 Å². The topological polar surface area (TPSA) is 18.5 Å². The van der Waals surface area contributed by atoms with Crippen molar-refractivity contribution in [3.63, 3.8) is 0 Å². The second-order valence-corrected chi connectivity index (χ2v) is 9.02. The van der Waals surface area contributed by atoms with E-state index in [4.69, 9.17) is 9.47 Å². The molecular formula is C22H46O2. The predicted octanol–water partition coefficient (Wildman–Crippen LogP) is 6.72. The van der Waals surface area contributed by atoms with Crippen LogP contribution < -0.4 is 0 Å². The minimum absolute atomic E-state index is 0. The van der Waals surface area contributed by atoms with Crippen molar-refractivity contribution in [3.8, 4) is 0 Å². The molecule has 1 aliphatic carbocycles. The van der Waals surface area contributed by atoms with Gasteiger partial charge in [-0.15, -0.1) is 0 Å². The molecule has 2 heteroatoms. The van der Waals surface area contributed by atoms with Gasteiger partial charge in [0.1, 0.15) is 0 Å². The smallest absolute Gasteiger partial charge is 0.0547 e. The molecule has 2 aliphatic heterocycles. The van der Waals surface area contributed by atoms with E-state index in [1.165, 1.54) is 51.4 Å². The standard InChI is InChI=1S/C8H16.2C7H14O.H2/c1-7-3-5-8(2)6-4-7;2*1-6-3-4-7(2)8-5-6;/h7-8H,3-6H2,1-2H3;2*6-7H,3-5H2,1-2H3;1H. The summed E-state index contributed by atoms with van der Waals surface area (Å²) in [7, 11) is 0. The van der Waals surface area contributed by atoms with Crippen LogP contribution in [0.5, 0.6) is 0 Å². The maximum atomic E-state index is 5.39. The van der Waals surface area contributed by atoms with Crippen molar-refractivity contribution >= 4 is 0 Å². The van der Waals surface area contributed by atoms with Crippen LogP contribution in [0.1, 0.15) is 94.3 Å². The lowest BCUT2D eigenvalue weighted by atomic mass is 9.84. The van der Waals surface area contributed by atoms with Gasteiger partial charge in [0.05, 0.1) is 12.2 Å². The Balaban J connectivity index is 0.000000339. The fourth-order valence-electron chi connectivity index (χ4n) is 3.46. The molecule has 0 aromatic rings. The molecule has 3 fully saturated rings. The minimum atomic E-state index is 0. The third-order valence-electron chi connectivity index (χ3n) is 5.77. The third kappa shape index (κ3) is 10.7. The fraction of sp³-hybridized carbons (Fsp3) is 1.00. The van der Waals surface area contributed by atoms with Crippen LogP contribution in [0.25, 0.3) is 0 Å². The van der Waals surface area contributed by atoms with Gasteiger partial charge in [-0.1, -0.05) is 53.4 Å². The van der Waals surface area contributed by atoms with Crippen LogP contribution in [-0.2, 0) is 9.47 Å². The molecule has 24 heavy (non-hydrogen) atoms. The zero-order valence-electron chi connectivity index (χ0n) is 17.4. The third-order valence-corrected chi connectivity index (χ3v) is 5.77. The van der Waals surface area contributed by atoms with Crippen molar-refractivity contribution in [1.29, 1.82) is 0 Å². The Morgan fingerprint density at radius 2 is 0.750 bits per heavy atom.